The van der Waals surface area contributed by atoms with Gasteiger partial charge in [-0.25, -0.2) is 0 Å². The second-order valence-electron chi connectivity index (χ2n) is 5.93. The summed E-state index contributed by atoms with van der Waals surface area (Å²) in [7, 11) is 0. The molecule has 0 bridgehead atoms. The van der Waals surface area contributed by atoms with Gasteiger partial charge in [-0.3, -0.25) is 19.9 Å². The molecule has 1 atom stereocenters. The maximum absolute atomic E-state index is 12.6. The Balaban J connectivity index is 1.81. The molecule has 1 N–H and O–H groups in total. The van der Waals surface area contributed by atoms with E-state index >= 15 is 0 Å². The molecule has 3 rings (SSSR count). The van der Waals surface area contributed by atoms with Crippen molar-refractivity contribution in [1.82, 2.24) is 15.2 Å². The highest BCUT2D eigenvalue weighted by Gasteiger charge is 2.27. The minimum Gasteiger partial charge on any atom is -0.347 e. The van der Waals surface area contributed by atoms with E-state index in [4.69, 9.17) is 23.2 Å². The van der Waals surface area contributed by atoms with Gasteiger partial charge in [0, 0.05) is 37.6 Å². The Bertz CT molecular complexity index is 857. The van der Waals surface area contributed by atoms with Gasteiger partial charge in [0.1, 0.15) is 9.09 Å². The summed E-state index contributed by atoms with van der Waals surface area (Å²) in [5.74, 6) is -0.301. The van der Waals surface area contributed by atoms with Gasteiger partial charge in [-0.2, -0.15) is 0 Å². The molecule has 0 aromatic carbocycles. The lowest BCUT2D eigenvalue weighted by Gasteiger charge is -2.13. The molecule has 11 heteroatoms. The Morgan fingerprint density at radius 3 is 2.78 bits per heavy atom. The van der Waals surface area contributed by atoms with Gasteiger partial charge in [0.05, 0.1) is 19.9 Å². The van der Waals surface area contributed by atoms with Crippen LogP contribution in [0.15, 0.2) is 27.6 Å². The first-order chi connectivity index (χ1) is 12.9. The number of carbonyl (C=O) groups excluding carboxylic acids is 1. The van der Waals surface area contributed by atoms with E-state index in [1.807, 2.05) is 0 Å². The minimum absolute atomic E-state index is 0.0544. The smallest absolute Gasteiger partial charge is 0.294 e. The molecule has 1 fully saturated rings. The fourth-order valence-corrected chi connectivity index (χ4v) is 5.53. The van der Waals surface area contributed by atoms with Gasteiger partial charge in [-0.05, 0) is 13.0 Å². The summed E-state index contributed by atoms with van der Waals surface area (Å²) in [5.41, 5.74) is -0.138. The predicted molar refractivity (Wildman–Crippen MR) is 107 cm³/mol. The Hall–Kier alpha value is -1.39. The summed E-state index contributed by atoms with van der Waals surface area (Å²) < 4.78 is 0.349. The van der Waals surface area contributed by atoms with Gasteiger partial charge in [0.2, 0.25) is 0 Å². The molecule has 0 saturated carbocycles. The highest BCUT2D eigenvalue weighted by molar-refractivity contribution is 8.01. The normalized spacial score (nSPS) is 17.2. The number of nitrogens with zero attached hydrogens (tertiary/aromatic N) is 3. The third-order valence-electron chi connectivity index (χ3n) is 4.16. The van der Waals surface area contributed by atoms with E-state index in [-0.39, 0.29) is 17.6 Å². The van der Waals surface area contributed by atoms with Crippen LogP contribution >= 0.6 is 46.3 Å². The quantitative estimate of drug-likeness (QED) is 0.524. The summed E-state index contributed by atoms with van der Waals surface area (Å²) in [6, 6.07) is 1.36. The van der Waals surface area contributed by atoms with Crippen molar-refractivity contribution in [2.45, 2.75) is 28.5 Å². The van der Waals surface area contributed by atoms with Crippen LogP contribution in [0, 0.1) is 10.1 Å². The van der Waals surface area contributed by atoms with Crippen LogP contribution in [0.4, 0.5) is 5.69 Å². The Morgan fingerprint density at radius 1 is 1.48 bits per heavy atom. The number of amides is 1. The van der Waals surface area contributed by atoms with Crippen molar-refractivity contribution in [2.24, 2.45) is 0 Å². The van der Waals surface area contributed by atoms with Crippen LogP contribution < -0.4 is 5.32 Å². The number of hydrogen-bond acceptors (Lipinski definition) is 7. The number of nitro groups is 1. The van der Waals surface area contributed by atoms with Gasteiger partial charge in [-0.1, -0.05) is 41.9 Å². The number of aromatic nitrogens is 1. The number of likely N-dealkylation sites (N-methyl/N-ethyl adjacent to an activating group) is 1. The van der Waals surface area contributed by atoms with Crippen LogP contribution in [0.2, 0.25) is 10.0 Å². The molecule has 0 aliphatic carbocycles. The number of thiophene rings is 1. The average Bonchev–Trinajstić information content (AvgIpc) is 3.25. The molecular formula is C16H16Cl2N4O3S2. The zero-order valence-electron chi connectivity index (χ0n) is 14.3. The van der Waals surface area contributed by atoms with Crippen LogP contribution in [-0.4, -0.2) is 46.4 Å². The number of hydrogen-bond donors (Lipinski definition) is 1. The number of carbonyl (C=O) groups is 1. The number of nitrogens with one attached hydrogen (secondary N) is 1. The Morgan fingerprint density at radius 2 is 2.19 bits per heavy atom. The van der Waals surface area contributed by atoms with Crippen LogP contribution in [0.1, 0.15) is 23.0 Å². The molecule has 144 valence electrons. The first-order valence-corrected chi connectivity index (χ1v) is 10.6. The van der Waals surface area contributed by atoms with Crippen molar-refractivity contribution >= 4 is 57.9 Å². The molecular weight excluding hydrogens is 431 g/mol. The largest absolute Gasteiger partial charge is 0.347 e. The lowest BCUT2D eigenvalue weighted by molar-refractivity contribution is -0.387. The number of rotatable bonds is 6. The lowest BCUT2D eigenvalue weighted by atomic mass is 10.2. The van der Waals surface area contributed by atoms with Crippen molar-refractivity contribution in [3.8, 4) is 0 Å². The maximum atomic E-state index is 12.6. The van der Waals surface area contributed by atoms with E-state index in [1.165, 1.54) is 18.5 Å². The summed E-state index contributed by atoms with van der Waals surface area (Å²) >= 11 is 14.3. The van der Waals surface area contributed by atoms with Crippen LogP contribution in [0.25, 0.3) is 0 Å². The van der Waals surface area contributed by atoms with Crippen molar-refractivity contribution in [2.75, 3.05) is 19.6 Å². The first-order valence-electron chi connectivity index (χ1n) is 8.17. The van der Waals surface area contributed by atoms with Crippen molar-refractivity contribution in [3.05, 3.63) is 43.5 Å². The topological polar surface area (TPSA) is 88.4 Å². The molecule has 1 aliphatic heterocycles. The van der Waals surface area contributed by atoms with Crippen LogP contribution in [0.5, 0.6) is 0 Å². The van der Waals surface area contributed by atoms with Crippen LogP contribution in [-0.2, 0) is 0 Å². The Kier molecular flexibility index (Phi) is 6.59. The van der Waals surface area contributed by atoms with E-state index < -0.39 is 4.92 Å². The van der Waals surface area contributed by atoms with E-state index in [0.717, 1.165) is 49.2 Å². The summed E-state index contributed by atoms with van der Waals surface area (Å²) in [4.78, 5) is 30.4. The highest BCUT2D eigenvalue weighted by atomic mass is 35.5. The van der Waals surface area contributed by atoms with Gasteiger partial charge >= 0.3 is 0 Å². The average molecular weight is 447 g/mol. The van der Waals surface area contributed by atoms with Gasteiger partial charge in [0.15, 0.2) is 0 Å². The molecule has 2 aromatic heterocycles. The van der Waals surface area contributed by atoms with Crippen molar-refractivity contribution in [1.29, 1.82) is 0 Å². The summed E-state index contributed by atoms with van der Waals surface area (Å²) in [6.07, 6.45) is 3.71. The van der Waals surface area contributed by atoms with E-state index in [2.05, 4.69) is 22.1 Å². The SMILES string of the molecule is CCN1CCC(NC(=O)c2cc([N+](=O)[O-])c(Sc3c(Cl)cncc3Cl)s2)C1. The highest BCUT2D eigenvalue weighted by Crippen LogP contribution is 2.45. The molecule has 7 nitrogen and oxygen atoms in total. The minimum atomic E-state index is -0.507. The molecule has 0 spiro atoms. The standard InChI is InChI=1S/C16H16Cl2N4O3S2/c1-2-21-4-3-9(8-21)20-15(23)13-5-12(22(24)25)16(26-13)27-14-10(17)6-19-7-11(14)18/h5-7,9H,2-4,8H2,1H3,(H,20,23). The van der Waals surface area contributed by atoms with Gasteiger partial charge < -0.3 is 10.2 Å². The lowest BCUT2D eigenvalue weighted by Crippen LogP contribution is -2.36. The van der Waals surface area contributed by atoms with Crippen molar-refractivity contribution < 1.29 is 9.72 Å². The first kappa shape index (κ1) is 20.3. The van der Waals surface area contributed by atoms with E-state index in [9.17, 15) is 14.9 Å². The number of halogens is 2. The molecule has 0 radical (unpaired) electrons. The predicted octanol–water partition coefficient (Wildman–Crippen LogP) is 4.33. The van der Waals surface area contributed by atoms with E-state index in [0.29, 0.717) is 24.0 Å². The molecule has 1 saturated heterocycles. The Labute approximate surface area is 174 Å². The van der Waals surface area contributed by atoms with Crippen LogP contribution in [0.3, 0.4) is 0 Å². The third-order valence-corrected chi connectivity index (χ3v) is 7.41. The van der Waals surface area contributed by atoms with Gasteiger partial charge in [0.25, 0.3) is 11.6 Å². The number of pyridine rings is 1. The molecule has 27 heavy (non-hydrogen) atoms. The molecule has 1 unspecified atom stereocenters. The molecule has 2 aromatic rings. The summed E-state index contributed by atoms with van der Waals surface area (Å²) in [5, 5.41) is 15.0. The third kappa shape index (κ3) is 4.72. The second-order valence-corrected chi connectivity index (χ2v) is 9.07. The van der Waals surface area contributed by atoms with Gasteiger partial charge in [-0.15, -0.1) is 11.3 Å². The molecule has 1 amide bonds. The fraction of sp³-hybridized carbons (Fsp3) is 0.375. The molecule has 3 heterocycles. The number of likely N-dealkylation sites (tertiary alicyclic amines) is 1. The monoisotopic (exact) mass is 446 g/mol. The van der Waals surface area contributed by atoms with E-state index in [1.54, 1.807) is 0 Å². The summed E-state index contributed by atoms with van der Waals surface area (Å²) in [6.45, 7) is 4.74. The maximum Gasteiger partial charge on any atom is 0.294 e. The zero-order valence-corrected chi connectivity index (χ0v) is 17.4. The van der Waals surface area contributed by atoms with Crippen molar-refractivity contribution in [3.63, 3.8) is 0 Å². The molecule has 1 aliphatic rings. The second kappa shape index (κ2) is 8.74. The fourth-order valence-electron chi connectivity index (χ4n) is 2.76. The zero-order chi connectivity index (χ0) is 19.6.